The Morgan fingerprint density at radius 3 is 2.23 bits per heavy atom. The molecule has 0 bridgehead atoms. The van der Waals surface area contributed by atoms with Crippen LogP contribution in [0.15, 0.2) is 109 Å². The van der Waals surface area contributed by atoms with Crippen LogP contribution in [0.4, 0.5) is 17.1 Å². The number of pyridine rings is 1. The average molecular weight is 590 g/mol. The monoisotopic (exact) mass is 589 g/mol. The highest BCUT2D eigenvalue weighted by atomic mass is 35.5. The van der Waals surface area contributed by atoms with Gasteiger partial charge in [-0.15, -0.1) is 0 Å². The molecule has 5 aromatic rings. The van der Waals surface area contributed by atoms with E-state index < -0.39 is 0 Å². The smallest absolute Gasteiger partial charge is 0.238 e. The predicted molar refractivity (Wildman–Crippen MR) is 177 cm³/mol. The molecule has 2 heterocycles. The molecule has 0 unspecified atom stereocenters. The molecule has 3 N–H and O–H groups in total. The van der Waals surface area contributed by atoms with E-state index in [1.165, 1.54) is 17.5 Å². The van der Waals surface area contributed by atoms with E-state index in [9.17, 15) is 4.79 Å². The third-order valence-electron chi connectivity index (χ3n) is 7.85. The van der Waals surface area contributed by atoms with E-state index in [0.717, 1.165) is 59.5 Å². The molecule has 6 nitrogen and oxygen atoms in total. The molecule has 0 atom stereocenters. The summed E-state index contributed by atoms with van der Waals surface area (Å²) >= 11 is 6.23. The zero-order valence-electron chi connectivity index (χ0n) is 24.1. The van der Waals surface area contributed by atoms with Crippen molar-refractivity contribution in [3.8, 4) is 0 Å². The van der Waals surface area contributed by atoms with Crippen molar-refractivity contribution in [2.75, 3.05) is 30.3 Å². The van der Waals surface area contributed by atoms with Crippen molar-refractivity contribution in [2.24, 2.45) is 0 Å². The van der Waals surface area contributed by atoms with Gasteiger partial charge in [0.1, 0.15) is 0 Å². The molecule has 0 radical (unpaired) electrons. The van der Waals surface area contributed by atoms with E-state index in [0.29, 0.717) is 18.1 Å². The summed E-state index contributed by atoms with van der Waals surface area (Å²) in [4.78, 5) is 19.8. The van der Waals surface area contributed by atoms with Crippen LogP contribution in [0.1, 0.15) is 42.0 Å². The van der Waals surface area contributed by atoms with Crippen molar-refractivity contribution in [3.05, 3.63) is 131 Å². The quantitative estimate of drug-likeness (QED) is 0.154. The van der Waals surface area contributed by atoms with E-state index in [4.69, 9.17) is 11.6 Å². The molecule has 1 aromatic heterocycles. The fourth-order valence-electron chi connectivity index (χ4n) is 5.78. The van der Waals surface area contributed by atoms with Gasteiger partial charge < -0.3 is 16.0 Å². The first kappa shape index (κ1) is 28.9. The Kier molecular flexibility index (Phi) is 9.28. The van der Waals surface area contributed by atoms with Crippen LogP contribution in [0.5, 0.6) is 0 Å². The van der Waals surface area contributed by atoms with Crippen LogP contribution in [0.3, 0.4) is 0 Å². The standard InChI is InChI=1S/C36H36ClN5O/c37-29-14-15-32-33(16-17-38-34(32)22-29)40-30-20-26(21-31(23-30)41-35(43)25-42-18-8-3-9-19-42)24-39-36(27-10-4-1-5-11-27)28-12-6-2-7-13-28/h1-2,4-7,10-17,20-23,36,39H,3,8-9,18-19,24-25H2,(H,38,40)(H,41,43). The molecule has 7 heteroatoms. The Labute approximate surface area is 258 Å². The van der Waals surface area contributed by atoms with Crippen LogP contribution in [-0.2, 0) is 11.3 Å². The van der Waals surface area contributed by atoms with Crippen LogP contribution in [0.25, 0.3) is 10.9 Å². The first-order valence-electron chi connectivity index (χ1n) is 14.9. The van der Waals surface area contributed by atoms with E-state index in [1.807, 2.05) is 42.5 Å². The average Bonchev–Trinajstić information content (AvgIpc) is 3.02. The highest BCUT2D eigenvalue weighted by Crippen LogP contribution is 2.30. The molecule has 218 valence electrons. The Morgan fingerprint density at radius 1 is 0.814 bits per heavy atom. The summed E-state index contributed by atoms with van der Waals surface area (Å²) in [7, 11) is 0. The molecule has 1 saturated heterocycles. The Morgan fingerprint density at radius 2 is 1.51 bits per heavy atom. The first-order chi connectivity index (χ1) is 21.1. The van der Waals surface area contributed by atoms with Gasteiger partial charge in [-0.05, 0) is 85.1 Å². The van der Waals surface area contributed by atoms with E-state index >= 15 is 0 Å². The lowest BCUT2D eigenvalue weighted by molar-refractivity contribution is -0.117. The van der Waals surface area contributed by atoms with Gasteiger partial charge in [-0.2, -0.15) is 0 Å². The number of likely N-dealkylation sites (tertiary alicyclic amines) is 1. The second-order valence-electron chi connectivity index (χ2n) is 11.1. The summed E-state index contributed by atoms with van der Waals surface area (Å²) in [5.41, 5.74) is 6.83. The number of nitrogens with zero attached hydrogens (tertiary/aromatic N) is 2. The normalized spacial score (nSPS) is 13.7. The molecular formula is C36H36ClN5O. The van der Waals surface area contributed by atoms with Gasteiger partial charge in [-0.25, -0.2) is 0 Å². The summed E-state index contributed by atoms with van der Waals surface area (Å²) < 4.78 is 0. The number of aromatic nitrogens is 1. The number of hydrogen-bond acceptors (Lipinski definition) is 5. The van der Waals surface area contributed by atoms with E-state index in [1.54, 1.807) is 6.20 Å². The lowest BCUT2D eigenvalue weighted by Gasteiger charge is -2.25. The number of carbonyl (C=O) groups is 1. The van der Waals surface area contributed by atoms with Gasteiger partial charge in [0, 0.05) is 40.2 Å². The highest BCUT2D eigenvalue weighted by Gasteiger charge is 2.16. The molecule has 0 saturated carbocycles. The SMILES string of the molecule is O=C(CN1CCCCC1)Nc1cc(CNC(c2ccccc2)c2ccccc2)cc(Nc2ccnc3cc(Cl)ccc23)c1. The van der Waals surface area contributed by atoms with Crippen LogP contribution in [0.2, 0.25) is 5.02 Å². The number of amides is 1. The number of nitrogens with one attached hydrogen (secondary N) is 3. The largest absolute Gasteiger partial charge is 0.355 e. The maximum atomic E-state index is 13.1. The molecule has 1 amide bonds. The van der Waals surface area contributed by atoms with Gasteiger partial charge in [0.25, 0.3) is 0 Å². The molecule has 1 aliphatic rings. The third kappa shape index (κ3) is 7.59. The summed E-state index contributed by atoms with van der Waals surface area (Å²) in [5, 5.41) is 12.1. The second kappa shape index (κ2) is 13.8. The molecule has 0 spiro atoms. The fourth-order valence-corrected chi connectivity index (χ4v) is 5.95. The van der Waals surface area contributed by atoms with Crippen LogP contribution in [-0.4, -0.2) is 35.4 Å². The van der Waals surface area contributed by atoms with Gasteiger partial charge in [0.05, 0.1) is 18.1 Å². The van der Waals surface area contributed by atoms with Crippen LogP contribution in [0, 0.1) is 0 Å². The Hall–Kier alpha value is -4.23. The van der Waals surface area contributed by atoms with E-state index in [-0.39, 0.29) is 11.9 Å². The van der Waals surface area contributed by atoms with E-state index in [2.05, 4.69) is 86.5 Å². The fraction of sp³-hybridized carbons (Fsp3) is 0.222. The van der Waals surface area contributed by atoms with Crippen molar-refractivity contribution in [1.29, 1.82) is 0 Å². The van der Waals surface area contributed by atoms with Gasteiger partial charge in [0.15, 0.2) is 0 Å². The lowest BCUT2D eigenvalue weighted by Crippen LogP contribution is -2.36. The van der Waals surface area contributed by atoms with Gasteiger partial charge in [-0.1, -0.05) is 78.7 Å². The van der Waals surface area contributed by atoms with Crippen molar-refractivity contribution in [1.82, 2.24) is 15.2 Å². The lowest BCUT2D eigenvalue weighted by atomic mass is 9.98. The number of benzene rings is 4. The maximum Gasteiger partial charge on any atom is 0.238 e. The molecule has 6 rings (SSSR count). The molecular weight excluding hydrogens is 554 g/mol. The topological polar surface area (TPSA) is 69.3 Å². The van der Waals surface area contributed by atoms with Crippen LogP contribution < -0.4 is 16.0 Å². The molecule has 0 aliphatic carbocycles. The highest BCUT2D eigenvalue weighted by molar-refractivity contribution is 6.31. The third-order valence-corrected chi connectivity index (χ3v) is 8.09. The number of fused-ring (bicyclic) bond motifs is 1. The number of piperidine rings is 1. The van der Waals surface area contributed by atoms with Gasteiger partial charge >= 0.3 is 0 Å². The second-order valence-corrected chi connectivity index (χ2v) is 11.5. The molecule has 1 aliphatic heterocycles. The van der Waals surface area contributed by atoms with Crippen molar-refractivity contribution < 1.29 is 4.79 Å². The summed E-state index contributed by atoms with van der Waals surface area (Å²) in [5.74, 6) is 0.00779. The number of rotatable bonds is 10. The summed E-state index contributed by atoms with van der Waals surface area (Å²) in [6.45, 7) is 2.96. The van der Waals surface area contributed by atoms with Crippen molar-refractivity contribution >= 4 is 45.5 Å². The minimum Gasteiger partial charge on any atom is -0.355 e. The Balaban J connectivity index is 1.28. The van der Waals surface area contributed by atoms with Crippen LogP contribution >= 0.6 is 11.6 Å². The van der Waals surface area contributed by atoms with Gasteiger partial charge in [0.2, 0.25) is 5.91 Å². The number of hydrogen-bond donors (Lipinski definition) is 3. The number of carbonyl (C=O) groups excluding carboxylic acids is 1. The predicted octanol–water partition coefficient (Wildman–Crippen LogP) is 7.94. The maximum absolute atomic E-state index is 13.1. The minimum absolute atomic E-state index is 0.00779. The van der Waals surface area contributed by atoms with Gasteiger partial charge in [-0.3, -0.25) is 14.7 Å². The summed E-state index contributed by atoms with van der Waals surface area (Å²) in [6.07, 6.45) is 5.32. The number of anilines is 3. The zero-order valence-corrected chi connectivity index (χ0v) is 24.9. The molecule has 1 fully saturated rings. The Bertz CT molecular complexity index is 1630. The molecule has 4 aromatic carbocycles. The first-order valence-corrected chi connectivity index (χ1v) is 15.3. The summed E-state index contributed by atoms with van der Waals surface area (Å²) in [6, 6.07) is 34.8. The zero-order chi connectivity index (χ0) is 29.4. The van der Waals surface area contributed by atoms with Crippen molar-refractivity contribution in [3.63, 3.8) is 0 Å². The molecule has 43 heavy (non-hydrogen) atoms. The minimum atomic E-state index is 0.00779. The van der Waals surface area contributed by atoms with Crippen molar-refractivity contribution in [2.45, 2.75) is 31.8 Å². The number of halogens is 1.